The molecular weight excluding hydrogens is 1110 g/mol. The molecule has 0 aliphatic carbocycles. The van der Waals surface area contributed by atoms with Crippen LogP contribution in [-0.4, -0.2) is 223 Å². The summed E-state index contributed by atoms with van der Waals surface area (Å²) in [6, 6.07) is 10.4. The molecular formula is C58H94N2O20S2. The summed E-state index contributed by atoms with van der Waals surface area (Å²) in [7, 11) is -1.02. The third-order valence-electron chi connectivity index (χ3n) is 12.7. The van der Waals surface area contributed by atoms with Gasteiger partial charge in [0, 0.05) is 74.4 Å². The third kappa shape index (κ3) is 30.8. The average molecular weight is 1200 g/mol. The Morgan fingerprint density at radius 1 is 0.683 bits per heavy atom. The average Bonchev–Trinajstić information content (AvgIpc) is 3.88. The van der Waals surface area contributed by atoms with Gasteiger partial charge in [0.25, 0.3) is 10.1 Å². The van der Waals surface area contributed by atoms with Crippen molar-refractivity contribution in [2.45, 2.75) is 70.1 Å². The zero-order valence-corrected chi connectivity index (χ0v) is 50.9. The Balaban J connectivity index is 1.76. The molecule has 4 N–H and O–H groups in total. The minimum absolute atomic E-state index is 0.0354. The summed E-state index contributed by atoms with van der Waals surface area (Å²) in [5, 5.41) is 21.5. The second-order valence-corrected chi connectivity index (χ2v) is 23.0. The molecule has 2 atom stereocenters. The lowest BCUT2D eigenvalue weighted by atomic mass is 9.77. The van der Waals surface area contributed by atoms with Gasteiger partial charge >= 0.3 is 5.97 Å². The maximum Gasteiger partial charge on any atom is 0.303 e. The number of rotatable bonds is 50. The summed E-state index contributed by atoms with van der Waals surface area (Å²) in [6.07, 6.45) is 8.92. The lowest BCUT2D eigenvalue weighted by molar-refractivity contribution is -0.137. The first-order chi connectivity index (χ1) is 39.4. The van der Waals surface area contributed by atoms with Crippen molar-refractivity contribution in [3.8, 4) is 5.75 Å². The Bertz CT molecular complexity index is 2270. The number of allylic oxidation sites excluding steroid dienone is 6. The standard InChI is InChI=1S/C58H94N2O20S2/c1-57(2,3)19-17-48(10-7-11-55-58(4,18-8-12-56(62)63)52-47-50(81(64)65)14-16-53(52)60(55)20-9-45-82(66,67)68)51-15-13-49(46-54(51)61)59(21-23-71-29-31-75-37-39-79-43-41-77-35-33-73-27-25-69-5)22-24-72-30-32-76-38-40-80-44-42-78-36-34-74-28-26-70-6/h7,10-11,13-17,46-47,61H,8-9,12,18-45H2,1-6H3,(H,62,63)(H,64,65)(H,66,67,68)/b10-7+,48-17-,55-11-. The molecule has 82 heavy (non-hydrogen) atoms. The topological polar surface area (TPSA) is 266 Å². The number of anilines is 2. The van der Waals surface area contributed by atoms with E-state index in [1.807, 2.05) is 42.2 Å². The Morgan fingerprint density at radius 2 is 1.15 bits per heavy atom. The molecule has 3 rings (SSSR count). The highest BCUT2D eigenvalue weighted by Gasteiger charge is 2.43. The monoisotopic (exact) mass is 1200 g/mol. The van der Waals surface area contributed by atoms with Gasteiger partial charge in [-0.15, -0.1) is 0 Å². The van der Waals surface area contributed by atoms with E-state index in [9.17, 15) is 36.7 Å². The fourth-order valence-corrected chi connectivity index (χ4v) is 9.39. The van der Waals surface area contributed by atoms with Crippen molar-refractivity contribution in [2.24, 2.45) is 5.41 Å². The second kappa shape index (κ2) is 42.0. The van der Waals surface area contributed by atoms with Crippen molar-refractivity contribution in [3.63, 3.8) is 0 Å². The van der Waals surface area contributed by atoms with E-state index < -0.39 is 38.3 Å². The van der Waals surface area contributed by atoms with Gasteiger partial charge in [-0.3, -0.25) is 9.35 Å². The van der Waals surface area contributed by atoms with Crippen molar-refractivity contribution in [2.75, 3.05) is 195 Å². The van der Waals surface area contributed by atoms with Crippen LogP contribution in [0.3, 0.4) is 0 Å². The lowest BCUT2D eigenvalue weighted by Gasteiger charge is -2.30. The van der Waals surface area contributed by atoms with Gasteiger partial charge in [-0.05, 0) is 85.6 Å². The van der Waals surface area contributed by atoms with Gasteiger partial charge in [0.1, 0.15) is 5.75 Å². The fraction of sp³-hybridized carbons (Fsp3) is 0.672. The lowest BCUT2D eigenvalue weighted by Crippen LogP contribution is -2.31. The van der Waals surface area contributed by atoms with Gasteiger partial charge in [-0.1, -0.05) is 39.0 Å². The van der Waals surface area contributed by atoms with Gasteiger partial charge in [0.2, 0.25) is 0 Å². The molecule has 468 valence electrons. The molecule has 22 nitrogen and oxygen atoms in total. The van der Waals surface area contributed by atoms with Gasteiger partial charge in [-0.25, -0.2) is 4.21 Å². The zero-order chi connectivity index (χ0) is 59.9. The summed E-state index contributed by atoms with van der Waals surface area (Å²) in [5.74, 6) is -1.42. The first-order valence-electron chi connectivity index (χ1n) is 28.0. The van der Waals surface area contributed by atoms with Crippen molar-refractivity contribution < 1.29 is 93.6 Å². The highest BCUT2D eigenvalue weighted by Crippen LogP contribution is 2.51. The van der Waals surface area contributed by atoms with E-state index in [-0.39, 0.29) is 41.9 Å². The molecule has 1 aliphatic rings. The number of hydrogen-bond acceptors (Lipinski definition) is 19. The number of carboxylic acid groups (broad SMARTS) is 1. The van der Waals surface area contributed by atoms with E-state index in [1.54, 1.807) is 32.4 Å². The van der Waals surface area contributed by atoms with Gasteiger partial charge in [0.15, 0.2) is 11.1 Å². The van der Waals surface area contributed by atoms with E-state index >= 15 is 0 Å². The van der Waals surface area contributed by atoms with Gasteiger partial charge in [0.05, 0.1) is 156 Å². The highest BCUT2D eigenvalue weighted by molar-refractivity contribution is 7.85. The van der Waals surface area contributed by atoms with E-state index in [2.05, 4.69) is 31.7 Å². The van der Waals surface area contributed by atoms with Crippen molar-refractivity contribution in [1.29, 1.82) is 0 Å². The molecule has 0 saturated heterocycles. The number of hydrogen-bond donors (Lipinski definition) is 4. The maximum absolute atomic E-state index is 12.3. The molecule has 1 aliphatic heterocycles. The second-order valence-electron chi connectivity index (χ2n) is 20.4. The Kier molecular flexibility index (Phi) is 37.0. The third-order valence-corrected chi connectivity index (χ3v) is 14.2. The molecule has 0 amide bonds. The Morgan fingerprint density at radius 3 is 1.56 bits per heavy atom. The van der Waals surface area contributed by atoms with Crippen LogP contribution in [0.2, 0.25) is 0 Å². The van der Waals surface area contributed by atoms with E-state index in [0.717, 1.165) is 11.3 Å². The minimum Gasteiger partial charge on any atom is -0.507 e. The van der Waals surface area contributed by atoms with E-state index in [4.69, 9.17) is 56.8 Å². The maximum atomic E-state index is 12.3. The van der Waals surface area contributed by atoms with E-state index in [0.29, 0.717) is 194 Å². The molecule has 2 aromatic rings. The number of methoxy groups -OCH3 is 2. The van der Waals surface area contributed by atoms with Crippen LogP contribution >= 0.6 is 0 Å². The number of aromatic hydroxyl groups is 1. The summed E-state index contributed by atoms with van der Waals surface area (Å²) in [6.45, 7) is 19.2. The molecule has 0 spiro atoms. The Labute approximate surface area is 489 Å². The summed E-state index contributed by atoms with van der Waals surface area (Å²) in [5.41, 5.74) is 3.13. The number of phenolic OH excluding ortho intramolecular Hbond substituents is 1. The normalized spacial score (nSPS) is 15.8. The van der Waals surface area contributed by atoms with Crippen LogP contribution in [0.15, 0.2) is 71.3 Å². The van der Waals surface area contributed by atoms with Crippen molar-refractivity contribution in [1.82, 2.24) is 0 Å². The molecule has 1 heterocycles. The first-order valence-corrected chi connectivity index (χ1v) is 30.7. The molecule has 2 aromatic carbocycles. The number of nitrogens with zero attached hydrogens (tertiary/aromatic N) is 2. The Hall–Kier alpha value is -3.93. The SMILES string of the molecule is COCCOCCOCCOCCOCCOCCN(CCOCCOCCOCCOCCOCCOC)c1ccc(C(=C\CC(C)(C)C)/C=C/C=C2\N(CCCS(=O)(=O)O)c3ccc(S(=O)O)cc3C2(C)CCCC(=O)O)c(O)c1. The summed E-state index contributed by atoms with van der Waals surface area (Å²) in [4.78, 5) is 15.9. The molecule has 24 heteroatoms. The largest absolute Gasteiger partial charge is 0.507 e. The van der Waals surface area contributed by atoms with Crippen LogP contribution in [0.1, 0.15) is 70.9 Å². The number of carboxylic acids is 1. The van der Waals surface area contributed by atoms with Gasteiger partial charge in [-0.2, -0.15) is 8.42 Å². The number of ether oxygens (including phenoxy) is 12. The molecule has 0 radical (unpaired) electrons. The molecule has 0 saturated carbocycles. The minimum atomic E-state index is -4.28. The quantitative estimate of drug-likeness (QED) is 0.0229. The van der Waals surface area contributed by atoms with Crippen LogP contribution in [0.25, 0.3) is 5.57 Å². The van der Waals surface area contributed by atoms with Crippen LogP contribution < -0.4 is 9.80 Å². The summed E-state index contributed by atoms with van der Waals surface area (Å²) < 4.78 is 122. The summed E-state index contributed by atoms with van der Waals surface area (Å²) >= 11 is -2.31. The molecule has 2 unspecified atom stereocenters. The number of benzene rings is 2. The van der Waals surface area contributed by atoms with Crippen LogP contribution in [0, 0.1) is 5.41 Å². The predicted molar refractivity (Wildman–Crippen MR) is 314 cm³/mol. The number of phenols is 1. The number of fused-ring (bicyclic) bond motifs is 1. The van der Waals surface area contributed by atoms with Crippen molar-refractivity contribution in [3.05, 3.63) is 77.5 Å². The predicted octanol–water partition coefficient (Wildman–Crippen LogP) is 6.81. The number of carbonyl (C=O) groups is 1. The molecule has 0 fully saturated rings. The van der Waals surface area contributed by atoms with Crippen LogP contribution in [0.5, 0.6) is 5.75 Å². The highest BCUT2D eigenvalue weighted by atomic mass is 32.2. The van der Waals surface area contributed by atoms with Crippen LogP contribution in [-0.2, 0) is 88.3 Å². The van der Waals surface area contributed by atoms with Gasteiger partial charge < -0.3 is 81.4 Å². The number of aliphatic carboxylic acids is 1. The zero-order valence-electron chi connectivity index (χ0n) is 49.2. The van der Waals surface area contributed by atoms with Crippen LogP contribution in [0.4, 0.5) is 11.4 Å². The van der Waals surface area contributed by atoms with E-state index in [1.165, 1.54) is 6.07 Å². The smallest absolute Gasteiger partial charge is 0.303 e. The molecule has 0 aromatic heterocycles. The van der Waals surface area contributed by atoms with Crippen molar-refractivity contribution >= 4 is 44.1 Å². The first kappa shape index (κ1) is 72.3. The molecule has 0 bridgehead atoms. The fourth-order valence-electron chi connectivity index (χ4n) is 8.50.